The van der Waals surface area contributed by atoms with Gasteiger partial charge in [-0.15, -0.1) is 0 Å². The maximum atomic E-state index is 12.1. The summed E-state index contributed by atoms with van der Waals surface area (Å²) < 4.78 is 34.0. The molecule has 0 radical (unpaired) electrons. The smallest absolute Gasteiger partial charge is 0.387 e. The average molecular weight is 442 g/mol. The molecule has 9 heteroatoms. The zero-order chi connectivity index (χ0) is 19.8. The maximum absolute atomic E-state index is 12.1. The van der Waals surface area contributed by atoms with Crippen LogP contribution in [0, 0.1) is 0 Å². The molecule has 1 N–H and O–H groups in total. The van der Waals surface area contributed by atoms with Gasteiger partial charge in [-0.05, 0) is 42.0 Å². The second kappa shape index (κ2) is 9.77. The predicted octanol–water partition coefficient (Wildman–Crippen LogP) is 3.09. The molecule has 0 saturated carbocycles. The summed E-state index contributed by atoms with van der Waals surface area (Å²) in [7, 11) is 0. The minimum Gasteiger partial charge on any atom is -0.455 e. The highest BCUT2D eigenvalue weighted by Gasteiger charge is 2.13. The Balaban J connectivity index is 1.78. The van der Waals surface area contributed by atoms with E-state index in [1.165, 1.54) is 24.3 Å². The fraction of sp³-hybridized carbons (Fsp3) is 0.167. The number of rotatable bonds is 7. The van der Waals surface area contributed by atoms with E-state index in [0.717, 1.165) is 4.47 Å². The number of carbonyl (C=O) groups excluding carboxylic acids is 3. The van der Waals surface area contributed by atoms with Crippen LogP contribution in [0.15, 0.2) is 53.0 Å². The van der Waals surface area contributed by atoms with Gasteiger partial charge in [0.15, 0.2) is 6.61 Å². The Morgan fingerprint density at radius 3 is 2.22 bits per heavy atom. The first-order valence-corrected chi connectivity index (χ1v) is 8.42. The lowest BCUT2D eigenvalue weighted by molar-refractivity contribution is -0.147. The molecule has 2 aromatic rings. The molecule has 0 bridgehead atoms. The number of halogens is 3. The summed E-state index contributed by atoms with van der Waals surface area (Å²) in [6.07, 6.45) is -0.0138. The van der Waals surface area contributed by atoms with Crippen molar-refractivity contribution in [1.29, 1.82) is 0 Å². The van der Waals surface area contributed by atoms with Crippen LogP contribution in [0.3, 0.4) is 0 Å². The summed E-state index contributed by atoms with van der Waals surface area (Å²) in [5.41, 5.74) is 0.775. The van der Waals surface area contributed by atoms with Gasteiger partial charge < -0.3 is 9.47 Å². The van der Waals surface area contributed by atoms with E-state index in [9.17, 15) is 23.2 Å². The van der Waals surface area contributed by atoms with Crippen LogP contribution >= 0.6 is 15.9 Å². The average Bonchev–Trinajstić information content (AvgIpc) is 2.62. The third-order valence-corrected chi connectivity index (χ3v) is 3.75. The second-order valence-electron chi connectivity index (χ2n) is 5.24. The van der Waals surface area contributed by atoms with E-state index in [1.807, 2.05) is 5.32 Å². The Labute approximate surface area is 161 Å². The summed E-state index contributed by atoms with van der Waals surface area (Å²) in [5, 5.41) is 2.03. The van der Waals surface area contributed by atoms with Crippen molar-refractivity contribution < 1.29 is 32.6 Å². The van der Waals surface area contributed by atoms with E-state index in [1.54, 1.807) is 24.3 Å². The number of benzene rings is 2. The zero-order valence-electron chi connectivity index (χ0n) is 13.8. The maximum Gasteiger partial charge on any atom is 0.387 e. The molecule has 0 saturated heterocycles. The standard InChI is InChI=1S/C18H14BrF2NO5/c19-13-5-1-11(2-6-13)9-16(24)26-10-15(23)22-17(25)12-3-7-14(8-4-12)27-18(20)21/h1-8,18H,9-10H2,(H,22,23,25). The molecule has 0 aliphatic carbocycles. The Kier molecular flexibility index (Phi) is 7.42. The van der Waals surface area contributed by atoms with Crippen LogP contribution in [0.2, 0.25) is 0 Å². The lowest BCUT2D eigenvalue weighted by Gasteiger charge is -2.07. The van der Waals surface area contributed by atoms with Gasteiger partial charge in [-0.1, -0.05) is 28.1 Å². The number of nitrogens with one attached hydrogen (secondary N) is 1. The van der Waals surface area contributed by atoms with Gasteiger partial charge in [0.1, 0.15) is 5.75 Å². The Hall–Kier alpha value is -2.81. The summed E-state index contributed by atoms with van der Waals surface area (Å²) >= 11 is 3.28. The predicted molar refractivity (Wildman–Crippen MR) is 94.4 cm³/mol. The molecule has 0 unspecified atom stereocenters. The highest BCUT2D eigenvalue weighted by molar-refractivity contribution is 9.10. The highest BCUT2D eigenvalue weighted by Crippen LogP contribution is 2.15. The lowest BCUT2D eigenvalue weighted by atomic mass is 10.2. The van der Waals surface area contributed by atoms with Crippen molar-refractivity contribution in [2.24, 2.45) is 0 Å². The van der Waals surface area contributed by atoms with Crippen LogP contribution in [0.25, 0.3) is 0 Å². The molecule has 2 rings (SSSR count). The molecular formula is C18H14BrF2NO5. The van der Waals surface area contributed by atoms with Gasteiger partial charge in [0.05, 0.1) is 6.42 Å². The Bertz CT molecular complexity index is 810. The van der Waals surface area contributed by atoms with Gasteiger partial charge >= 0.3 is 12.6 Å². The number of hydrogen-bond acceptors (Lipinski definition) is 5. The monoisotopic (exact) mass is 441 g/mol. The number of amides is 2. The molecule has 0 fully saturated rings. The summed E-state index contributed by atoms with van der Waals surface area (Å²) in [6.45, 7) is -3.59. The van der Waals surface area contributed by atoms with E-state index in [0.29, 0.717) is 5.56 Å². The fourth-order valence-electron chi connectivity index (χ4n) is 1.99. The van der Waals surface area contributed by atoms with Crippen molar-refractivity contribution in [3.05, 3.63) is 64.1 Å². The molecule has 0 heterocycles. The van der Waals surface area contributed by atoms with Crippen LogP contribution in [-0.2, 0) is 20.7 Å². The first kappa shape index (κ1) is 20.5. The lowest BCUT2D eigenvalue weighted by Crippen LogP contribution is -2.34. The minimum atomic E-state index is -2.97. The van der Waals surface area contributed by atoms with Crippen molar-refractivity contribution in [2.75, 3.05) is 6.61 Å². The number of hydrogen-bond donors (Lipinski definition) is 1. The molecule has 0 atom stereocenters. The van der Waals surface area contributed by atoms with E-state index >= 15 is 0 Å². The molecular weight excluding hydrogens is 428 g/mol. The summed E-state index contributed by atoms with van der Waals surface area (Å²) in [4.78, 5) is 35.3. The summed E-state index contributed by atoms with van der Waals surface area (Å²) in [5.74, 6) is -2.30. The fourth-order valence-corrected chi connectivity index (χ4v) is 2.25. The van der Waals surface area contributed by atoms with Crippen LogP contribution in [0.5, 0.6) is 5.75 Å². The highest BCUT2D eigenvalue weighted by atomic mass is 79.9. The van der Waals surface area contributed by atoms with Gasteiger partial charge in [-0.2, -0.15) is 8.78 Å². The molecule has 0 spiro atoms. The molecule has 0 aliphatic rings. The van der Waals surface area contributed by atoms with Crippen LogP contribution in [-0.4, -0.2) is 31.0 Å². The molecule has 6 nitrogen and oxygen atoms in total. The number of alkyl halides is 2. The first-order chi connectivity index (χ1) is 12.8. The number of imide groups is 1. The van der Waals surface area contributed by atoms with E-state index in [2.05, 4.69) is 20.7 Å². The largest absolute Gasteiger partial charge is 0.455 e. The molecule has 27 heavy (non-hydrogen) atoms. The molecule has 0 aliphatic heterocycles. The van der Waals surface area contributed by atoms with Gasteiger partial charge in [-0.25, -0.2) is 0 Å². The van der Waals surface area contributed by atoms with Gasteiger partial charge in [0.25, 0.3) is 11.8 Å². The Morgan fingerprint density at radius 1 is 1.00 bits per heavy atom. The first-order valence-electron chi connectivity index (χ1n) is 7.62. The third kappa shape index (κ3) is 7.14. The van der Waals surface area contributed by atoms with Crippen molar-refractivity contribution in [2.45, 2.75) is 13.0 Å². The van der Waals surface area contributed by atoms with Crippen molar-refractivity contribution in [3.63, 3.8) is 0 Å². The second-order valence-corrected chi connectivity index (χ2v) is 6.16. The third-order valence-electron chi connectivity index (χ3n) is 3.22. The van der Waals surface area contributed by atoms with Gasteiger partial charge in [-0.3, -0.25) is 19.7 Å². The summed E-state index contributed by atoms with van der Waals surface area (Å²) in [6, 6.07) is 11.8. The van der Waals surface area contributed by atoms with Crippen LogP contribution in [0.4, 0.5) is 8.78 Å². The van der Waals surface area contributed by atoms with Crippen LogP contribution in [0.1, 0.15) is 15.9 Å². The zero-order valence-corrected chi connectivity index (χ0v) is 15.4. The topological polar surface area (TPSA) is 81.7 Å². The van der Waals surface area contributed by atoms with Gasteiger partial charge in [0, 0.05) is 10.0 Å². The van der Waals surface area contributed by atoms with Crippen molar-refractivity contribution in [1.82, 2.24) is 5.32 Å². The number of esters is 1. The SMILES string of the molecule is O=C(COC(=O)Cc1ccc(Br)cc1)NC(=O)c1ccc(OC(F)F)cc1. The molecule has 142 valence electrons. The molecule has 0 aromatic heterocycles. The van der Waals surface area contributed by atoms with Gasteiger partial charge in [0.2, 0.25) is 0 Å². The number of carbonyl (C=O) groups is 3. The molecule has 2 aromatic carbocycles. The van der Waals surface area contributed by atoms with Crippen molar-refractivity contribution >= 4 is 33.7 Å². The number of ether oxygens (including phenoxy) is 2. The minimum absolute atomic E-state index is 0.0138. The van der Waals surface area contributed by atoms with Crippen molar-refractivity contribution in [3.8, 4) is 5.75 Å². The quantitative estimate of drug-likeness (QED) is 0.667. The Morgan fingerprint density at radius 2 is 1.63 bits per heavy atom. The van der Waals surface area contributed by atoms with E-state index < -0.39 is 31.0 Å². The normalized spacial score (nSPS) is 10.4. The van der Waals surface area contributed by atoms with Crippen LogP contribution < -0.4 is 10.1 Å². The molecule has 2 amide bonds. The van der Waals surface area contributed by atoms with E-state index in [4.69, 9.17) is 4.74 Å². The van der Waals surface area contributed by atoms with E-state index in [-0.39, 0.29) is 17.7 Å².